The molecule has 1 aromatic heterocycles. The van der Waals surface area contributed by atoms with Crippen LogP contribution >= 0.6 is 0 Å². The number of urea groups is 1. The Bertz CT molecular complexity index is 866. The number of aryl methyl sites for hydroxylation is 1. The van der Waals surface area contributed by atoms with Crippen LogP contribution in [0.25, 0.3) is 5.69 Å². The molecule has 0 bridgehead atoms. The Labute approximate surface area is 174 Å². The second-order valence-electron chi connectivity index (χ2n) is 7.94. The lowest BCUT2D eigenvalue weighted by molar-refractivity contribution is -0.143. The summed E-state index contributed by atoms with van der Waals surface area (Å²) < 4.78 is 39.4. The Kier molecular flexibility index (Phi) is 6.70. The molecule has 2 aromatic rings. The lowest BCUT2D eigenvalue weighted by Gasteiger charge is -2.21. The van der Waals surface area contributed by atoms with Crippen LogP contribution in [-0.4, -0.2) is 65.0 Å². The van der Waals surface area contributed by atoms with Crippen molar-refractivity contribution in [2.45, 2.75) is 33.0 Å². The molecule has 0 aliphatic carbocycles. The molecule has 1 aliphatic rings. The van der Waals surface area contributed by atoms with Crippen molar-refractivity contribution in [2.75, 3.05) is 33.2 Å². The number of amides is 2. The molecule has 1 aliphatic heterocycles. The van der Waals surface area contributed by atoms with Crippen molar-refractivity contribution >= 4 is 6.03 Å². The van der Waals surface area contributed by atoms with Gasteiger partial charge in [0.1, 0.15) is 0 Å². The maximum absolute atomic E-state index is 12.5. The molecular weight excluding hydrogens is 395 g/mol. The molecule has 164 valence electrons. The number of para-hydroxylation sites is 1. The molecule has 30 heavy (non-hydrogen) atoms. The Morgan fingerprint density at radius 1 is 1.27 bits per heavy atom. The van der Waals surface area contributed by atoms with E-state index in [9.17, 15) is 18.0 Å². The molecule has 0 radical (unpaired) electrons. The molecule has 1 N–H and O–H groups in total. The van der Waals surface area contributed by atoms with E-state index in [1.807, 2.05) is 48.9 Å². The quantitative estimate of drug-likeness (QED) is 0.774. The number of hydrogen-bond acceptors (Lipinski definition) is 3. The van der Waals surface area contributed by atoms with Gasteiger partial charge in [-0.25, -0.2) is 9.48 Å². The average molecular weight is 423 g/mol. The number of hydrogen-bond donors (Lipinski definition) is 1. The van der Waals surface area contributed by atoms with Crippen molar-refractivity contribution < 1.29 is 18.0 Å². The van der Waals surface area contributed by atoms with Crippen LogP contribution in [0, 0.1) is 19.8 Å². The van der Waals surface area contributed by atoms with E-state index in [2.05, 4.69) is 10.4 Å². The summed E-state index contributed by atoms with van der Waals surface area (Å²) in [5, 5.41) is 7.46. The number of carbonyl (C=O) groups excluding carboxylic acids is 1. The number of likely N-dealkylation sites (tertiary alicyclic amines) is 1. The molecule has 6 nitrogen and oxygen atoms in total. The fourth-order valence-corrected chi connectivity index (χ4v) is 3.88. The van der Waals surface area contributed by atoms with Crippen molar-refractivity contribution in [2.24, 2.45) is 5.92 Å². The monoisotopic (exact) mass is 423 g/mol. The lowest BCUT2D eigenvalue weighted by Crippen LogP contribution is -2.40. The van der Waals surface area contributed by atoms with Crippen LogP contribution in [0.15, 0.2) is 30.3 Å². The summed E-state index contributed by atoms with van der Waals surface area (Å²) in [6.45, 7) is 4.54. The molecule has 0 saturated carbocycles. The van der Waals surface area contributed by atoms with Crippen LogP contribution in [0.1, 0.15) is 23.4 Å². The number of carbonyl (C=O) groups is 1. The summed E-state index contributed by atoms with van der Waals surface area (Å²) in [5.41, 5.74) is 3.77. The molecule has 0 spiro atoms. The van der Waals surface area contributed by atoms with Gasteiger partial charge in [-0.2, -0.15) is 18.3 Å². The van der Waals surface area contributed by atoms with E-state index >= 15 is 0 Å². The van der Waals surface area contributed by atoms with E-state index in [1.165, 1.54) is 4.90 Å². The number of benzene rings is 1. The van der Waals surface area contributed by atoms with E-state index in [0.717, 1.165) is 22.6 Å². The van der Waals surface area contributed by atoms with Gasteiger partial charge in [0.05, 0.1) is 24.5 Å². The summed E-state index contributed by atoms with van der Waals surface area (Å²) in [7, 11) is 1.71. The normalized spacial score (nSPS) is 17.3. The summed E-state index contributed by atoms with van der Waals surface area (Å²) in [6, 6.07) is 9.55. The highest BCUT2D eigenvalue weighted by atomic mass is 19.4. The first-order valence-corrected chi connectivity index (χ1v) is 10.0. The van der Waals surface area contributed by atoms with E-state index in [0.29, 0.717) is 32.6 Å². The standard InChI is InChI=1S/C21H28F3N5O/c1-15-19(16(2)29(26-15)18-7-5-4-6-8-18)13-27(3)20(30)25-11-17-9-10-28(12-17)14-21(22,23)24/h4-8,17H,9-14H2,1-3H3,(H,25,30). The number of aromatic nitrogens is 2. The smallest absolute Gasteiger partial charge is 0.338 e. The summed E-state index contributed by atoms with van der Waals surface area (Å²) in [5.74, 6) is 0.0361. The predicted molar refractivity (Wildman–Crippen MR) is 109 cm³/mol. The van der Waals surface area contributed by atoms with Crippen LogP contribution in [0.5, 0.6) is 0 Å². The Hall–Kier alpha value is -2.55. The third kappa shape index (κ3) is 5.53. The van der Waals surface area contributed by atoms with Gasteiger partial charge in [0.25, 0.3) is 0 Å². The molecule has 2 heterocycles. The van der Waals surface area contributed by atoms with Crippen molar-refractivity contribution in [3.8, 4) is 5.69 Å². The summed E-state index contributed by atoms with van der Waals surface area (Å²) in [4.78, 5) is 15.5. The second kappa shape index (κ2) is 9.07. The Balaban J connectivity index is 1.53. The minimum absolute atomic E-state index is 0.0361. The fourth-order valence-electron chi connectivity index (χ4n) is 3.88. The predicted octanol–water partition coefficient (Wildman–Crippen LogP) is 3.51. The van der Waals surface area contributed by atoms with Gasteiger partial charge in [0, 0.05) is 31.4 Å². The number of rotatable bonds is 6. The van der Waals surface area contributed by atoms with Crippen molar-refractivity contribution in [3.05, 3.63) is 47.3 Å². The zero-order valence-electron chi connectivity index (χ0n) is 17.5. The summed E-state index contributed by atoms with van der Waals surface area (Å²) in [6.07, 6.45) is -3.53. The van der Waals surface area contributed by atoms with Crippen LogP contribution in [-0.2, 0) is 6.54 Å². The van der Waals surface area contributed by atoms with Gasteiger partial charge in [-0.3, -0.25) is 4.90 Å². The lowest BCUT2D eigenvalue weighted by atomic mass is 10.1. The molecular formula is C21H28F3N5O. The van der Waals surface area contributed by atoms with Gasteiger partial charge >= 0.3 is 12.2 Å². The van der Waals surface area contributed by atoms with Gasteiger partial charge in [-0.1, -0.05) is 18.2 Å². The van der Waals surface area contributed by atoms with Crippen molar-refractivity contribution in [3.63, 3.8) is 0 Å². The second-order valence-corrected chi connectivity index (χ2v) is 7.94. The minimum atomic E-state index is -4.18. The number of halogens is 3. The third-order valence-electron chi connectivity index (χ3n) is 5.50. The van der Waals surface area contributed by atoms with Crippen LogP contribution in [0.4, 0.5) is 18.0 Å². The fraction of sp³-hybridized carbons (Fsp3) is 0.524. The molecule has 9 heteroatoms. The van der Waals surface area contributed by atoms with Crippen LogP contribution < -0.4 is 5.32 Å². The maximum Gasteiger partial charge on any atom is 0.401 e. The van der Waals surface area contributed by atoms with E-state index in [4.69, 9.17) is 0 Å². The van der Waals surface area contributed by atoms with Gasteiger partial charge in [-0.05, 0) is 44.9 Å². The number of alkyl halides is 3. The largest absolute Gasteiger partial charge is 0.401 e. The zero-order chi connectivity index (χ0) is 21.9. The van der Waals surface area contributed by atoms with Gasteiger partial charge < -0.3 is 10.2 Å². The highest BCUT2D eigenvalue weighted by Gasteiger charge is 2.34. The first-order valence-electron chi connectivity index (χ1n) is 10.0. The molecule has 2 amide bonds. The van der Waals surface area contributed by atoms with Gasteiger partial charge in [0.2, 0.25) is 0 Å². The molecule has 1 unspecified atom stereocenters. The molecule has 1 saturated heterocycles. The van der Waals surface area contributed by atoms with Crippen molar-refractivity contribution in [1.29, 1.82) is 0 Å². The molecule has 1 atom stereocenters. The van der Waals surface area contributed by atoms with Gasteiger partial charge in [-0.15, -0.1) is 0 Å². The SMILES string of the molecule is Cc1nn(-c2ccccc2)c(C)c1CN(C)C(=O)NCC1CCN(CC(F)(F)F)C1. The number of nitrogens with zero attached hydrogens (tertiary/aromatic N) is 4. The first kappa shape index (κ1) is 22.1. The van der Waals surface area contributed by atoms with E-state index in [-0.39, 0.29) is 11.9 Å². The molecule has 3 rings (SSSR count). The maximum atomic E-state index is 12.5. The first-order chi connectivity index (χ1) is 14.1. The zero-order valence-corrected chi connectivity index (χ0v) is 17.5. The Morgan fingerprint density at radius 3 is 2.63 bits per heavy atom. The topological polar surface area (TPSA) is 53.4 Å². The average Bonchev–Trinajstić information content (AvgIpc) is 3.24. The van der Waals surface area contributed by atoms with E-state index in [1.54, 1.807) is 11.9 Å². The summed E-state index contributed by atoms with van der Waals surface area (Å²) >= 11 is 0. The highest BCUT2D eigenvalue weighted by molar-refractivity contribution is 5.73. The van der Waals surface area contributed by atoms with E-state index < -0.39 is 12.7 Å². The molecule has 1 aromatic carbocycles. The van der Waals surface area contributed by atoms with Crippen molar-refractivity contribution in [1.82, 2.24) is 24.9 Å². The van der Waals surface area contributed by atoms with Crippen LogP contribution in [0.3, 0.4) is 0 Å². The van der Waals surface area contributed by atoms with Crippen LogP contribution in [0.2, 0.25) is 0 Å². The molecule has 1 fully saturated rings. The number of nitrogens with one attached hydrogen (secondary N) is 1. The highest BCUT2D eigenvalue weighted by Crippen LogP contribution is 2.23. The minimum Gasteiger partial charge on any atom is -0.338 e. The van der Waals surface area contributed by atoms with Gasteiger partial charge in [0.15, 0.2) is 0 Å². The Morgan fingerprint density at radius 2 is 1.97 bits per heavy atom. The third-order valence-corrected chi connectivity index (χ3v) is 5.50.